The summed E-state index contributed by atoms with van der Waals surface area (Å²) in [6, 6.07) is 16.3. The topological polar surface area (TPSA) is 93.5 Å². The fourth-order valence-electron chi connectivity index (χ4n) is 2.44. The monoisotopic (exact) mass is 351 g/mol. The van der Waals surface area contributed by atoms with Crippen LogP contribution in [0.3, 0.4) is 0 Å². The molecule has 0 spiro atoms. The molecule has 7 heteroatoms. The number of aromatic carboxylic acids is 1. The maximum absolute atomic E-state index is 11.9. The van der Waals surface area contributed by atoms with Crippen LogP contribution in [0.2, 0.25) is 0 Å². The van der Waals surface area contributed by atoms with E-state index in [1.807, 2.05) is 30.3 Å². The van der Waals surface area contributed by atoms with Gasteiger partial charge in [-0.2, -0.15) is 5.10 Å². The quantitative estimate of drug-likeness (QED) is 0.732. The molecule has 0 saturated heterocycles. The molecular formula is C19H17N3O4. The van der Waals surface area contributed by atoms with Gasteiger partial charge in [-0.05, 0) is 36.8 Å². The predicted octanol–water partition coefficient (Wildman–Crippen LogP) is 3.63. The van der Waals surface area contributed by atoms with Gasteiger partial charge in [-0.3, -0.25) is 5.32 Å². The zero-order chi connectivity index (χ0) is 18.5. The molecule has 3 aromatic rings. The highest BCUT2D eigenvalue weighted by atomic mass is 16.5. The van der Waals surface area contributed by atoms with E-state index in [2.05, 4.69) is 10.4 Å². The van der Waals surface area contributed by atoms with Crippen molar-refractivity contribution >= 4 is 17.7 Å². The molecule has 1 amide bonds. The molecule has 0 radical (unpaired) electrons. The molecule has 1 heterocycles. The molecule has 7 nitrogen and oxygen atoms in total. The Morgan fingerprint density at radius 2 is 1.81 bits per heavy atom. The Morgan fingerprint density at radius 1 is 1.12 bits per heavy atom. The van der Waals surface area contributed by atoms with Gasteiger partial charge in [0.2, 0.25) is 0 Å². The Balaban J connectivity index is 1.62. The third-order valence-electron chi connectivity index (χ3n) is 3.81. The molecule has 2 aromatic carbocycles. The summed E-state index contributed by atoms with van der Waals surface area (Å²) in [7, 11) is 0. The zero-order valence-corrected chi connectivity index (χ0v) is 14.0. The normalized spacial score (nSPS) is 10.3. The van der Waals surface area contributed by atoms with Gasteiger partial charge in [0.05, 0.1) is 17.6 Å². The standard InChI is InChI=1S/C19H17N3O4/c1-13-17(18(23)24)11-20-22(13)16-9-7-15(8-10-16)21-19(25)26-12-14-5-3-2-4-6-14/h2-11H,12H2,1H3,(H,21,25)(H,23,24). The third kappa shape index (κ3) is 3.89. The number of hydrogen-bond acceptors (Lipinski definition) is 4. The summed E-state index contributed by atoms with van der Waals surface area (Å²) in [5.41, 5.74) is 2.84. The first-order valence-electron chi connectivity index (χ1n) is 7.90. The minimum atomic E-state index is -1.02. The highest BCUT2D eigenvalue weighted by Gasteiger charge is 2.13. The minimum absolute atomic E-state index is 0.150. The van der Waals surface area contributed by atoms with Crippen molar-refractivity contribution in [1.82, 2.24) is 9.78 Å². The van der Waals surface area contributed by atoms with Gasteiger partial charge in [-0.1, -0.05) is 30.3 Å². The average molecular weight is 351 g/mol. The average Bonchev–Trinajstić information content (AvgIpc) is 3.03. The molecule has 3 rings (SSSR count). The number of hydrogen-bond donors (Lipinski definition) is 2. The number of amides is 1. The number of anilines is 1. The van der Waals surface area contributed by atoms with Gasteiger partial charge in [0, 0.05) is 5.69 Å². The first-order valence-corrected chi connectivity index (χ1v) is 7.90. The molecule has 0 aliphatic heterocycles. The number of carbonyl (C=O) groups excluding carboxylic acids is 1. The van der Waals surface area contributed by atoms with E-state index in [1.165, 1.54) is 10.9 Å². The van der Waals surface area contributed by atoms with Gasteiger partial charge in [-0.15, -0.1) is 0 Å². The van der Waals surface area contributed by atoms with Crippen molar-refractivity contribution in [3.8, 4) is 5.69 Å². The van der Waals surface area contributed by atoms with Crippen LogP contribution in [0, 0.1) is 6.92 Å². The van der Waals surface area contributed by atoms with Crippen molar-refractivity contribution < 1.29 is 19.4 Å². The van der Waals surface area contributed by atoms with Gasteiger partial charge >= 0.3 is 12.1 Å². The van der Waals surface area contributed by atoms with Crippen LogP contribution in [0.5, 0.6) is 0 Å². The Kier molecular flexibility index (Phi) is 4.98. The molecular weight excluding hydrogens is 334 g/mol. The van der Waals surface area contributed by atoms with Gasteiger partial charge < -0.3 is 9.84 Å². The molecule has 0 unspecified atom stereocenters. The highest BCUT2D eigenvalue weighted by Crippen LogP contribution is 2.17. The summed E-state index contributed by atoms with van der Waals surface area (Å²) in [6.07, 6.45) is 0.759. The van der Waals surface area contributed by atoms with Crippen LogP contribution in [0.4, 0.5) is 10.5 Å². The Bertz CT molecular complexity index is 918. The number of carboxylic acid groups (broad SMARTS) is 1. The van der Waals surface area contributed by atoms with E-state index in [-0.39, 0.29) is 12.2 Å². The third-order valence-corrected chi connectivity index (χ3v) is 3.81. The largest absolute Gasteiger partial charge is 0.478 e. The second kappa shape index (κ2) is 7.52. The first kappa shape index (κ1) is 17.2. The SMILES string of the molecule is Cc1c(C(=O)O)cnn1-c1ccc(NC(=O)OCc2ccccc2)cc1. The van der Waals surface area contributed by atoms with Crippen molar-refractivity contribution in [3.05, 3.63) is 77.6 Å². The molecule has 0 saturated carbocycles. The first-order chi connectivity index (χ1) is 12.5. The minimum Gasteiger partial charge on any atom is -0.478 e. The molecule has 2 N–H and O–H groups in total. The van der Waals surface area contributed by atoms with Gasteiger partial charge in [0.15, 0.2) is 0 Å². The van der Waals surface area contributed by atoms with Gasteiger partial charge in [0.25, 0.3) is 0 Å². The lowest BCUT2D eigenvalue weighted by molar-refractivity contribution is 0.0696. The number of carboxylic acids is 1. The van der Waals surface area contributed by atoms with Crippen molar-refractivity contribution in [2.75, 3.05) is 5.32 Å². The van der Waals surface area contributed by atoms with Crippen LogP contribution in [0.15, 0.2) is 60.8 Å². The molecule has 1 aromatic heterocycles. The van der Waals surface area contributed by atoms with Crippen LogP contribution >= 0.6 is 0 Å². The van der Waals surface area contributed by atoms with E-state index in [9.17, 15) is 9.59 Å². The highest BCUT2D eigenvalue weighted by molar-refractivity contribution is 5.88. The van der Waals surface area contributed by atoms with Crippen molar-refractivity contribution in [1.29, 1.82) is 0 Å². The van der Waals surface area contributed by atoms with Gasteiger partial charge in [-0.25, -0.2) is 14.3 Å². The molecule has 0 fully saturated rings. The van der Waals surface area contributed by atoms with E-state index in [1.54, 1.807) is 31.2 Å². The lowest BCUT2D eigenvalue weighted by Crippen LogP contribution is -2.13. The molecule has 0 aliphatic carbocycles. The maximum Gasteiger partial charge on any atom is 0.411 e. The molecule has 0 atom stereocenters. The van der Waals surface area contributed by atoms with Crippen molar-refractivity contribution in [2.24, 2.45) is 0 Å². The zero-order valence-electron chi connectivity index (χ0n) is 14.0. The van der Waals surface area contributed by atoms with Crippen LogP contribution in [-0.4, -0.2) is 26.9 Å². The Labute approximate surface area is 149 Å². The van der Waals surface area contributed by atoms with Crippen LogP contribution in [0.25, 0.3) is 5.69 Å². The number of ether oxygens (including phenoxy) is 1. The van der Waals surface area contributed by atoms with Crippen LogP contribution < -0.4 is 5.32 Å². The number of nitrogens with one attached hydrogen (secondary N) is 1. The van der Waals surface area contributed by atoms with E-state index in [0.717, 1.165) is 5.56 Å². The molecule has 0 aliphatic rings. The molecule has 132 valence electrons. The number of rotatable bonds is 5. The number of nitrogens with zero attached hydrogens (tertiary/aromatic N) is 2. The van der Waals surface area contributed by atoms with Crippen molar-refractivity contribution in [2.45, 2.75) is 13.5 Å². The van der Waals surface area contributed by atoms with Crippen molar-refractivity contribution in [3.63, 3.8) is 0 Å². The number of benzene rings is 2. The fraction of sp³-hybridized carbons (Fsp3) is 0.105. The van der Waals surface area contributed by atoms with Crippen LogP contribution in [-0.2, 0) is 11.3 Å². The van der Waals surface area contributed by atoms with E-state index in [0.29, 0.717) is 17.1 Å². The summed E-state index contributed by atoms with van der Waals surface area (Å²) in [4.78, 5) is 22.9. The summed E-state index contributed by atoms with van der Waals surface area (Å²) in [5.74, 6) is -1.02. The summed E-state index contributed by atoms with van der Waals surface area (Å²) in [5, 5.41) is 15.8. The van der Waals surface area contributed by atoms with Crippen LogP contribution in [0.1, 0.15) is 21.6 Å². The smallest absolute Gasteiger partial charge is 0.411 e. The van der Waals surface area contributed by atoms with Gasteiger partial charge in [0.1, 0.15) is 12.2 Å². The second-order valence-corrected chi connectivity index (χ2v) is 5.59. The Hall–Kier alpha value is -3.61. The van der Waals surface area contributed by atoms with E-state index < -0.39 is 12.1 Å². The molecule has 0 bridgehead atoms. The van der Waals surface area contributed by atoms with E-state index >= 15 is 0 Å². The summed E-state index contributed by atoms with van der Waals surface area (Å²) < 4.78 is 6.69. The summed E-state index contributed by atoms with van der Waals surface area (Å²) >= 11 is 0. The number of aromatic nitrogens is 2. The lowest BCUT2D eigenvalue weighted by atomic mass is 10.2. The number of carbonyl (C=O) groups is 2. The predicted molar refractivity (Wildman–Crippen MR) is 95.5 cm³/mol. The molecule has 26 heavy (non-hydrogen) atoms. The second-order valence-electron chi connectivity index (χ2n) is 5.59. The van der Waals surface area contributed by atoms with E-state index in [4.69, 9.17) is 9.84 Å². The lowest BCUT2D eigenvalue weighted by Gasteiger charge is -2.09. The maximum atomic E-state index is 11.9. The fourth-order valence-corrected chi connectivity index (χ4v) is 2.44. The summed E-state index contributed by atoms with van der Waals surface area (Å²) in [6.45, 7) is 1.87. The Morgan fingerprint density at radius 3 is 2.42 bits per heavy atom.